The predicted octanol–water partition coefficient (Wildman–Crippen LogP) is 1.07. The highest BCUT2D eigenvalue weighted by atomic mass is 32.1. The summed E-state index contributed by atoms with van der Waals surface area (Å²) in [5, 5.41) is 4.45. The SMILES string of the molecule is CC(C)N1CCCC(=NNC(N)=S)CC1. The Labute approximate surface area is 96.9 Å². The molecule has 3 N–H and O–H groups in total. The molecule has 0 aromatic carbocycles. The molecule has 86 valence electrons. The summed E-state index contributed by atoms with van der Waals surface area (Å²) in [7, 11) is 0. The number of nitrogens with one attached hydrogen (secondary N) is 1. The molecule has 0 amide bonds. The fourth-order valence-corrected chi connectivity index (χ4v) is 1.80. The van der Waals surface area contributed by atoms with Crippen LogP contribution in [0.4, 0.5) is 0 Å². The predicted molar refractivity (Wildman–Crippen MR) is 67.9 cm³/mol. The molecule has 0 aromatic heterocycles. The van der Waals surface area contributed by atoms with E-state index in [2.05, 4.69) is 29.3 Å². The highest BCUT2D eigenvalue weighted by molar-refractivity contribution is 7.80. The molecule has 0 unspecified atom stereocenters. The van der Waals surface area contributed by atoms with Gasteiger partial charge in [0.2, 0.25) is 0 Å². The summed E-state index contributed by atoms with van der Waals surface area (Å²) < 4.78 is 0. The van der Waals surface area contributed by atoms with E-state index in [9.17, 15) is 0 Å². The van der Waals surface area contributed by atoms with Crippen molar-refractivity contribution in [1.82, 2.24) is 10.3 Å². The molecule has 1 heterocycles. The van der Waals surface area contributed by atoms with Gasteiger partial charge in [0, 0.05) is 24.7 Å². The smallest absolute Gasteiger partial charge is 0.184 e. The molecule has 0 aliphatic carbocycles. The first-order valence-corrected chi connectivity index (χ1v) is 5.85. The lowest BCUT2D eigenvalue weighted by atomic mass is 10.2. The van der Waals surface area contributed by atoms with Crippen LogP contribution in [-0.2, 0) is 0 Å². The minimum absolute atomic E-state index is 0.243. The molecule has 1 saturated heterocycles. The van der Waals surface area contributed by atoms with Crippen molar-refractivity contribution in [3.8, 4) is 0 Å². The van der Waals surface area contributed by atoms with Crippen molar-refractivity contribution in [3.63, 3.8) is 0 Å². The Morgan fingerprint density at radius 3 is 2.80 bits per heavy atom. The Hall–Kier alpha value is -0.680. The molecule has 1 aliphatic rings. The van der Waals surface area contributed by atoms with Gasteiger partial charge in [-0.3, -0.25) is 5.43 Å². The summed E-state index contributed by atoms with van der Waals surface area (Å²) in [6.07, 6.45) is 3.21. The van der Waals surface area contributed by atoms with Gasteiger partial charge in [0.15, 0.2) is 5.11 Å². The maximum absolute atomic E-state index is 5.33. The van der Waals surface area contributed by atoms with Crippen LogP contribution in [0.5, 0.6) is 0 Å². The quantitative estimate of drug-likeness (QED) is 0.548. The van der Waals surface area contributed by atoms with E-state index in [-0.39, 0.29) is 5.11 Å². The van der Waals surface area contributed by atoms with Gasteiger partial charge >= 0.3 is 0 Å². The molecule has 1 fully saturated rings. The fraction of sp³-hybridized carbons (Fsp3) is 0.800. The number of nitrogens with two attached hydrogens (primary N) is 1. The van der Waals surface area contributed by atoms with Crippen LogP contribution in [0.25, 0.3) is 0 Å². The van der Waals surface area contributed by atoms with Gasteiger partial charge in [-0.05, 0) is 45.5 Å². The van der Waals surface area contributed by atoms with Crippen LogP contribution in [-0.4, -0.2) is 34.9 Å². The van der Waals surface area contributed by atoms with E-state index in [0.29, 0.717) is 6.04 Å². The van der Waals surface area contributed by atoms with Crippen LogP contribution in [0.1, 0.15) is 33.1 Å². The molecular weight excluding hydrogens is 208 g/mol. The number of nitrogens with zero attached hydrogens (tertiary/aromatic N) is 2. The lowest BCUT2D eigenvalue weighted by Gasteiger charge is -2.23. The third-order valence-electron chi connectivity index (χ3n) is 2.65. The normalized spacial score (nSPS) is 21.7. The maximum atomic E-state index is 5.33. The Kier molecular flexibility index (Phi) is 4.98. The zero-order valence-corrected chi connectivity index (χ0v) is 10.3. The number of hydrogen-bond donors (Lipinski definition) is 2. The third kappa shape index (κ3) is 4.57. The largest absolute Gasteiger partial charge is 0.375 e. The first-order chi connectivity index (χ1) is 7.09. The summed E-state index contributed by atoms with van der Waals surface area (Å²) in [5.74, 6) is 0. The van der Waals surface area contributed by atoms with Crippen LogP contribution in [0.2, 0.25) is 0 Å². The molecule has 0 radical (unpaired) electrons. The van der Waals surface area contributed by atoms with Gasteiger partial charge in [-0.15, -0.1) is 0 Å². The zero-order chi connectivity index (χ0) is 11.3. The second-order valence-electron chi connectivity index (χ2n) is 4.14. The van der Waals surface area contributed by atoms with E-state index >= 15 is 0 Å². The van der Waals surface area contributed by atoms with E-state index in [1.165, 1.54) is 5.71 Å². The van der Waals surface area contributed by atoms with E-state index in [4.69, 9.17) is 18.0 Å². The van der Waals surface area contributed by atoms with Crippen LogP contribution in [0.3, 0.4) is 0 Å². The first kappa shape index (κ1) is 12.4. The van der Waals surface area contributed by atoms with Gasteiger partial charge in [0.25, 0.3) is 0 Å². The van der Waals surface area contributed by atoms with Crippen LogP contribution in [0.15, 0.2) is 5.10 Å². The van der Waals surface area contributed by atoms with Crippen molar-refractivity contribution in [2.75, 3.05) is 13.1 Å². The van der Waals surface area contributed by atoms with E-state index in [1.807, 2.05) is 0 Å². The average molecular weight is 228 g/mol. The Bertz CT molecular complexity index is 250. The monoisotopic (exact) mass is 228 g/mol. The van der Waals surface area contributed by atoms with Gasteiger partial charge in [-0.1, -0.05) is 0 Å². The van der Waals surface area contributed by atoms with Crippen LogP contribution < -0.4 is 11.2 Å². The Morgan fingerprint density at radius 2 is 2.20 bits per heavy atom. The second-order valence-corrected chi connectivity index (χ2v) is 4.58. The van der Waals surface area contributed by atoms with Crippen molar-refractivity contribution in [2.45, 2.75) is 39.2 Å². The lowest BCUT2D eigenvalue weighted by molar-refractivity contribution is 0.233. The van der Waals surface area contributed by atoms with E-state index < -0.39 is 0 Å². The molecule has 0 spiro atoms. The molecule has 1 aliphatic heterocycles. The van der Waals surface area contributed by atoms with Gasteiger partial charge < -0.3 is 10.6 Å². The lowest BCUT2D eigenvalue weighted by Crippen LogP contribution is -2.31. The summed E-state index contributed by atoms with van der Waals surface area (Å²) in [5.41, 5.74) is 9.16. The van der Waals surface area contributed by atoms with E-state index in [0.717, 1.165) is 32.4 Å². The summed E-state index contributed by atoms with van der Waals surface area (Å²) in [6.45, 7) is 6.70. The zero-order valence-electron chi connectivity index (χ0n) is 9.49. The van der Waals surface area contributed by atoms with Crippen molar-refractivity contribution < 1.29 is 0 Å². The molecular formula is C10H20N4S. The molecule has 0 atom stereocenters. The minimum Gasteiger partial charge on any atom is -0.375 e. The minimum atomic E-state index is 0.243. The summed E-state index contributed by atoms with van der Waals surface area (Å²) >= 11 is 4.71. The van der Waals surface area contributed by atoms with Crippen LogP contribution in [0, 0.1) is 0 Å². The molecule has 5 heteroatoms. The summed E-state index contributed by atoms with van der Waals surface area (Å²) in [6, 6.07) is 0.618. The van der Waals surface area contributed by atoms with E-state index in [1.54, 1.807) is 0 Å². The second kappa shape index (κ2) is 6.02. The Morgan fingerprint density at radius 1 is 1.47 bits per heavy atom. The number of likely N-dealkylation sites (tertiary alicyclic amines) is 1. The van der Waals surface area contributed by atoms with Crippen LogP contribution >= 0.6 is 12.2 Å². The number of rotatable bonds is 2. The molecule has 4 nitrogen and oxygen atoms in total. The Balaban J connectivity index is 2.45. The van der Waals surface area contributed by atoms with Crippen molar-refractivity contribution >= 4 is 23.0 Å². The summed E-state index contributed by atoms with van der Waals surface area (Å²) in [4.78, 5) is 2.48. The highest BCUT2D eigenvalue weighted by Gasteiger charge is 2.14. The topological polar surface area (TPSA) is 53.6 Å². The number of hydrogen-bond acceptors (Lipinski definition) is 3. The fourth-order valence-electron chi connectivity index (χ4n) is 1.76. The van der Waals surface area contributed by atoms with Crippen molar-refractivity contribution in [1.29, 1.82) is 0 Å². The third-order valence-corrected chi connectivity index (χ3v) is 2.74. The molecule has 1 rings (SSSR count). The standard InChI is InChI=1S/C10H20N4S/c1-8(2)14-6-3-4-9(5-7-14)12-13-10(11)15/h8H,3-7H2,1-2H3,(H3,11,13,15). The van der Waals surface area contributed by atoms with Gasteiger partial charge in [0.1, 0.15) is 0 Å². The van der Waals surface area contributed by atoms with Crippen molar-refractivity contribution in [3.05, 3.63) is 0 Å². The first-order valence-electron chi connectivity index (χ1n) is 5.44. The molecule has 0 saturated carbocycles. The highest BCUT2D eigenvalue weighted by Crippen LogP contribution is 2.10. The van der Waals surface area contributed by atoms with Crippen molar-refractivity contribution in [2.24, 2.45) is 10.8 Å². The number of thiocarbonyl (C=S) groups is 1. The molecule has 0 bridgehead atoms. The maximum Gasteiger partial charge on any atom is 0.184 e. The molecule has 15 heavy (non-hydrogen) atoms. The van der Waals surface area contributed by atoms with Gasteiger partial charge in [0.05, 0.1) is 0 Å². The molecule has 0 aromatic rings. The average Bonchev–Trinajstić information content (AvgIpc) is 2.39. The van der Waals surface area contributed by atoms with Gasteiger partial charge in [-0.25, -0.2) is 0 Å². The number of hydrazone groups is 1. The van der Waals surface area contributed by atoms with Gasteiger partial charge in [-0.2, -0.15) is 5.10 Å².